The van der Waals surface area contributed by atoms with Gasteiger partial charge < -0.3 is 15.2 Å². The van der Waals surface area contributed by atoms with Crippen molar-refractivity contribution in [1.29, 1.82) is 0 Å². The molecule has 0 aliphatic heterocycles. The summed E-state index contributed by atoms with van der Waals surface area (Å²) in [5, 5.41) is 4.62. The fraction of sp³-hybridized carbons (Fsp3) is 0.667. The fourth-order valence-electron chi connectivity index (χ4n) is 2.42. The number of ether oxygens (including phenoxy) is 2. The van der Waals surface area contributed by atoms with Crippen LogP contribution in [0.15, 0.2) is 12.3 Å². The average molecular weight is 395 g/mol. The largest absolute Gasteiger partial charge is 0.384 e. The van der Waals surface area contributed by atoms with Crippen LogP contribution >= 0.6 is 0 Å². The second-order valence-electron chi connectivity index (χ2n) is 9.26. The number of hydrogen-bond donors (Lipinski definition) is 1. The van der Waals surface area contributed by atoms with Gasteiger partial charge >= 0.3 is 0 Å². The predicted molar refractivity (Wildman–Crippen MR) is 113 cm³/mol. The monoisotopic (exact) mass is 394 g/mol. The van der Waals surface area contributed by atoms with E-state index in [2.05, 4.69) is 49.4 Å². The van der Waals surface area contributed by atoms with Gasteiger partial charge in [0.15, 0.2) is 5.65 Å². The van der Waals surface area contributed by atoms with Crippen molar-refractivity contribution in [3.8, 4) is 0 Å². The highest BCUT2D eigenvalue weighted by atomic mass is 28.3. The van der Waals surface area contributed by atoms with Gasteiger partial charge in [-0.05, 0) is 18.2 Å². The Labute approximate surface area is 159 Å². The Kier molecular flexibility index (Phi) is 7.01. The quantitative estimate of drug-likeness (QED) is 0.486. The predicted octanol–water partition coefficient (Wildman–Crippen LogP) is 4.02. The van der Waals surface area contributed by atoms with Crippen molar-refractivity contribution in [3.63, 3.8) is 0 Å². The maximum absolute atomic E-state index is 6.05. The van der Waals surface area contributed by atoms with Crippen molar-refractivity contribution in [2.24, 2.45) is 0 Å². The molecule has 0 aromatic carbocycles. The van der Waals surface area contributed by atoms with Crippen molar-refractivity contribution in [2.45, 2.75) is 64.6 Å². The van der Waals surface area contributed by atoms with Gasteiger partial charge in [-0.15, -0.1) is 0 Å². The molecular weight excluding hydrogens is 360 g/mol. The molecule has 2 N–H and O–H groups in total. The van der Waals surface area contributed by atoms with Crippen LogP contribution in [0, 0.1) is 0 Å². The van der Waals surface area contributed by atoms with Gasteiger partial charge in [0.2, 0.25) is 0 Å². The molecule has 0 aliphatic rings. The van der Waals surface area contributed by atoms with E-state index in [9.17, 15) is 0 Å². The fourth-order valence-corrected chi connectivity index (χ4v) is 3.93. The van der Waals surface area contributed by atoms with Crippen LogP contribution in [0.25, 0.3) is 5.65 Å². The number of hydrogen-bond acceptors (Lipinski definition) is 5. The number of nitrogen functional groups attached to an aromatic ring is 1. The van der Waals surface area contributed by atoms with Crippen LogP contribution < -0.4 is 5.73 Å². The third kappa shape index (κ3) is 6.49. The molecule has 0 saturated carbocycles. The van der Waals surface area contributed by atoms with Gasteiger partial charge in [0.05, 0.1) is 18.9 Å². The molecule has 8 heteroatoms. The van der Waals surface area contributed by atoms with Gasteiger partial charge in [0.1, 0.15) is 5.82 Å². The van der Waals surface area contributed by atoms with Gasteiger partial charge in [-0.25, -0.2) is 4.98 Å². The highest BCUT2D eigenvalue weighted by Crippen LogP contribution is 2.20. The first-order valence-electron chi connectivity index (χ1n) is 9.33. The van der Waals surface area contributed by atoms with E-state index < -0.39 is 16.1 Å². The lowest BCUT2D eigenvalue weighted by Crippen LogP contribution is -2.22. The Hall–Kier alpha value is -1.23. The molecule has 26 heavy (non-hydrogen) atoms. The summed E-state index contributed by atoms with van der Waals surface area (Å²) < 4.78 is 13.6. The molecule has 0 amide bonds. The standard InChI is InChI=1S/C18H34N4O2Si2/c1-25(2,3)11-9-23-13-15-16(14-24-10-12-26(4,5)6)21-22-17(19)7-8-20-18(15)22/h7-8H,9-14,19H2,1-6H3. The topological polar surface area (TPSA) is 74.7 Å². The van der Waals surface area contributed by atoms with Crippen molar-refractivity contribution in [3.05, 3.63) is 23.5 Å². The third-order valence-electron chi connectivity index (χ3n) is 4.20. The zero-order valence-electron chi connectivity index (χ0n) is 17.1. The molecule has 146 valence electrons. The SMILES string of the molecule is C[Si](C)(C)CCOCc1nn2c(N)ccnc2c1COCC[Si](C)(C)C. The molecule has 0 fully saturated rings. The molecule has 0 radical (unpaired) electrons. The Morgan fingerprint density at radius 1 is 0.962 bits per heavy atom. The summed E-state index contributed by atoms with van der Waals surface area (Å²) in [6.45, 7) is 16.6. The second-order valence-corrected chi connectivity index (χ2v) is 20.5. The van der Waals surface area contributed by atoms with E-state index >= 15 is 0 Å². The molecule has 2 aromatic rings. The lowest BCUT2D eigenvalue weighted by atomic mass is 10.2. The molecule has 0 unspecified atom stereocenters. The minimum atomic E-state index is -1.10. The second kappa shape index (κ2) is 8.64. The Morgan fingerprint density at radius 3 is 2.12 bits per heavy atom. The van der Waals surface area contributed by atoms with E-state index in [0.29, 0.717) is 19.0 Å². The molecule has 2 heterocycles. The van der Waals surface area contributed by atoms with Crippen LogP contribution in [-0.4, -0.2) is 44.0 Å². The molecule has 2 rings (SSSR count). The molecule has 0 spiro atoms. The summed E-state index contributed by atoms with van der Waals surface area (Å²) in [6.07, 6.45) is 1.72. The van der Waals surface area contributed by atoms with Gasteiger partial charge in [-0.1, -0.05) is 39.3 Å². The van der Waals surface area contributed by atoms with Crippen LogP contribution in [0.2, 0.25) is 51.4 Å². The Morgan fingerprint density at radius 2 is 1.54 bits per heavy atom. The van der Waals surface area contributed by atoms with Crippen molar-refractivity contribution in [1.82, 2.24) is 14.6 Å². The molecular formula is C18H34N4O2Si2. The number of rotatable bonds is 10. The average Bonchev–Trinajstić information content (AvgIpc) is 2.86. The van der Waals surface area contributed by atoms with Crippen molar-refractivity contribution in [2.75, 3.05) is 18.9 Å². The summed E-state index contributed by atoms with van der Waals surface area (Å²) >= 11 is 0. The minimum absolute atomic E-state index is 0.472. The van der Waals surface area contributed by atoms with Gasteiger partial charge in [0.25, 0.3) is 0 Å². The third-order valence-corrected chi connectivity index (χ3v) is 7.61. The molecule has 0 atom stereocenters. The molecule has 0 aliphatic carbocycles. The normalized spacial score (nSPS) is 12.8. The van der Waals surface area contributed by atoms with Crippen LogP contribution in [0.3, 0.4) is 0 Å². The highest BCUT2D eigenvalue weighted by molar-refractivity contribution is 6.76. The van der Waals surface area contributed by atoms with E-state index in [1.54, 1.807) is 16.8 Å². The van der Waals surface area contributed by atoms with Crippen molar-refractivity contribution < 1.29 is 9.47 Å². The van der Waals surface area contributed by atoms with Crippen LogP contribution in [0.1, 0.15) is 11.3 Å². The van der Waals surface area contributed by atoms with Crippen LogP contribution in [0.5, 0.6) is 0 Å². The summed E-state index contributed by atoms with van der Waals surface area (Å²) in [5.41, 5.74) is 8.68. The van der Waals surface area contributed by atoms with Gasteiger partial charge in [-0.3, -0.25) is 0 Å². The lowest BCUT2D eigenvalue weighted by Gasteiger charge is -2.16. The highest BCUT2D eigenvalue weighted by Gasteiger charge is 2.18. The van der Waals surface area contributed by atoms with E-state index in [4.69, 9.17) is 15.2 Å². The first kappa shape index (κ1) is 21.1. The van der Waals surface area contributed by atoms with E-state index in [0.717, 1.165) is 42.2 Å². The first-order valence-corrected chi connectivity index (χ1v) is 16.7. The van der Waals surface area contributed by atoms with Crippen molar-refractivity contribution >= 4 is 27.6 Å². The van der Waals surface area contributed by atoms with Gasteiger partial charge in [0, 0.05) is 41.1 Å². The maximum atomic E-state index is 6.05. The molecule has 2 aromatic heterocycles. The summed E-state index contributed by atoms with van der Waals surface area (Å²) in [5.74, 6) is 0.576. The smallest absolute Gasteiger partial charge is 0.163 e. The minimum Gasteiger partial charge on any atom is -0.384 e. The molecule has 6 nitrogen and oxygen atoms in total. The molecule has 0 bridgehead atoms. The zero-order valence-corrected chi connectivity index (χ0v) is 19.1. The lowest BCUT2D eigenvalue weighted by molar-refractivity contribution is 0.118. The van der Waals surface area contributed by atoms with Crippen LogP contribution in [0.4, 0.5) is 5.82 Å². The first-order chi connectivity index (χ1) is 12.1. The Balaban J connectivity index is 2.08. The van der Waals surface area contributed by atoms with E-state index in [-0.39, 0.29) is 0 Å². The number of nitrogens with zero attached hydrogens (tertiary/aromatic N) is 3. The summed E-state index contributed by atoms with van der Waals surface area (Å²) in [7, 11) is -2.20. The van der Waals surface area contributed by atoms with E-state index in [1.807, 2.05) is 0 Å². The number of aromatic nitrogens is 3. The van der Waals surface area contributed by atoms with Gasteiger partial charge in [-0.2, -0.15) is 9.61 Å². The summed E-state index contributed by atoms with van der Waals surface area (Å²) in [4.78, 5) is 4.46. The number of nitrogens with two attached hydrogens (primary N) is 1. The maximum Gasteiger partial charge on any atom is 0.163 e. The number of anilines is 1. The summed E-state index contributed by atoms with van der Waals surface area (Å²) in [6, 6.07) is 4.04. The zero-order chi connectivity index (χ0) is 19.4. The van der Waals surface area contributed by atoms with Crippen LogP contribution in [-0.2, 0) is 22.7 Å². The number of fused-ring (bicyclic) bond motifs is 1. The molecule has 0 saturated heterocycles. The Bertz CT molecular complexity index is 720. The van der Waals surface area contributed by atoms with E-state index in [1.165, 1.54) is 0 Å².